The third-order valence-electron chi connectivity index (χ3n) is 6.73. The molecule has 0 radical (unpaired) electrons. The number of rotatable bonds is 11. The minimum Gasteiger partial charge on any atom is -0.503 e. The highest BCUT2D eigenvalue weighted by molar-refractivity contribution is 6.31. The Bertz CT molecular complexity index is 1560. The SMILES string of the molecule is COCCCN1C(=O)C(O)=C(C(=O)c2cc3cc(Cl)cc(OC)c3o2)C1c1ccc(OCc2ccccc2)cc1. The molecule has 9 heteroatoms. The Morgan fingerprint density at radius 3 is 2.50 bits per heavy atom. The molecule has 206 valence electrons. The van der Waals surface area contributed by atoms with E-state index in [0.29, 0.717) is 52.7 Å². The topological polar surface area (TPSA) is 98.4 Å². The number of carbonyl (C=O) groups excluding carboxylic acids is 2. The van der Waals surface area contributed by atoms with Crippen LogP contribution in [-0.4, -0.2) is 49.1 Å². The van der Waals surface area contributed by atoms with E-state index in [1.54, 1.807) is 43.5 Å². The molecule has 0 bridgehead atoms. The number of fused-ring (bicyclic) bond motifs is 1. The van der Waals surface area contributed by atoms with Crippen LogP contribution >= 0.6 is 11.6 Å². The summed E-state index contributed by atoms with van der Waals surface area (Å²) in [5.41, 5.74) is 1.95. The van der Waals surface area contributed by atoms with E-state index in [1.165, 1.54) is 18.1 Å². The van der Waals surface area contributed by atoms with Gasteiger partial charge in [0.05, 0.1) is 18.7 Å². The minimum atomic E-state index is -0.835. The zero-order chi connectivity index (χ0) is 28.2. The molecule has 1 aromatic heterocycles. The van der Waals surface area contributed by atoms with Crippen LogP contribution in [0.25, 0.3) is 11.0 Å². The van der Waals surface area contributed by atoms with E-state index in [4.69, 9.17) is 30.2 Å². The lowest BCUT2D eigenvalue weighted by molar-refractivity contribution is -0.129. The number of Topliss-reactive ketones (excluding diaryl/α,β-unsaturated/α-hetero) is 1. The van der Waals surface area contributed by atoms with Gasteiger partial charge in [0.25, 0.3) is 5.91 Å². The van der Waals surface area contributed by atoms with Gasteiger partial charge in [0.1, 0.15) is 12.4 Å². The van der Waals surface area contributed by atoms with Gasteiger partial charge in [0.15, 0.2) is 22.9 Å². The summed E-state index contributed by atoms with van der Waals surface area (Å²) in [6.07, 6.45) is 0.520. The van der Waals surface area contributed by atoms with E-state index >= 15 is 0 Å². The van der Waals surface area contributed by atoms with Gasteiger partial charge in [0, 0.05) is 36.7 Å². The van der Waals surface area contributed by atoms with E-state index in [1.807, 2.05) is 30.3 Å². The number of furan rings is 1. The van der Waals surface area contributed by atoms with Gasteiger partial charge in [-0.05, 0) is 41.8 Å². The van der Waals surface area contributed by atoms with Crippen LogP contribution in [0.3, 0.4) is 0 Å². The highest BCUT2D eigenvalue weighted by Gasteiger charge is 2.44. The number of ketones is 1. The molecule has 1 unspecified atom stereocenters. The number of ether oxygens (including phenoxy) is 3. The third-order valence-corrected chi connectivity index (χ3v) is 6.95. The number of aliphatic hydroxyl groups excluding tert-OH is 1. The first-order chi connectivity index (χ1) is 19.4. The van der Waals surface area contributed by atoms with Crippen molar-refractivity contribution in [3.8, 4) is 11.5 Å². The van der Waals surface area contributed by atoms with Crippen molar-refractivity contribution in [1.29, 1.82) is 0 Å². The largest absolute Gasteiger partial charge is 0.503 e. The lowest BCUT2D eigenvalue weighted by Gasteiger charge is -2.26. The Kier molecular flexibility index (Phi) is 8.09. The number of nitrogens with zero attached hydrogens (tertiary/aromatic N) is 1. The fourth-order valence-corrected chi connectivity index (χ4v) is 5.03. The summed E-state index contributed by atoms with van der Waals surface area (Å²) < 4.78 is 22.3. The van der Waals surface area contributed by atoms with E-state index in [0.717, 1.165) is 5.56 Å². The minimum absolute atomic E-state index is 0.0449. The second-order valence-electron chi connectivity index (χ2n) is 9.32. The van der Waals surface area contributed by atoms with Crippen molar-refractivity contribution in [2.24, 2.45) is 0 Å². The van der Waals surface area contributed by atoms with Crippen molar-refractivity contribution in [3.05, 3.63) is 106 Å². The lowest BCUT2D eigenvalue weighted by atomic mass is 9.95. The average molecular weight is 562 g/mol. The van der Waals surface area contributed by atoms with Crippen LogP contribution < -0.4 is 9.47 Å². The van der Waals surface area contributed by atoms with Crippen LogP contribution in [0, 0.1) is 0 Å². The third kappa shape index (κ3) is 5.41. The summed E-state index contributed by atoms with van der Waals surface area (Å²) in [5, 5.41) is 11.9. The van der Waals surface area contributed by atoms with Crippen molar-refractivity contribution in [2.75, 3.05) is 27.4 Å². The number of amides is 1. The number of hydrogen-bond donors (Lipinski definition) is 1. The summed E-state index contributed by atoms with van der Waals surface area (Å²) in [6.45, 7) is 1.08. The average Bonchev–Trinajstić information content (AvgIpc) is 3.51. The Hall–Kier alpha value is -4.27. The molecule has 0 saturated heterocycles. The molecule has 40 heavy (non-hydrogen) atoms. The van der Waals surface area contributed by atoms with Gasteiger partial charge in [-0.3, -0.25) is 9.59 Å². The molecule has 2 heterocycles. The predicted octanol–water partition coefficient (Wildman–Crippen LogP) is 6.29. The molecule has 1 atom stereocenters. The fraction of sp³-hybridized carbons (Fsp3) is 0.226. The summed E-state index contributed by atoms with van der Waals surface area (Å²) in [4.78, 5) is 28.5. The summed E-state index contributed by atoms with van der Waals surface area (Å²) >= 11 is 6.19. The first-order valence-corrected chi connectivity index (χ1v) is 13.1. The van der Waals surface area contributed by atoms with Gasteiger partial charge in [-0.15, -0.1) is 0 Å². The summed E-state index contributed by atoms with van der Waals surface area (Å²) in [6, 6.07) is 20.8. The molecule has 4 aromatic rings. The number of halogens is 1. The van der Waals surface area contributed by atoms with Gasteiger partial charge in [-0.2, -0.15) is 0 Å². The normalized spacial score (nSPS) is 15.2. The number of carbonyl (C=O) groups is 2. The zero-order valence-electron chi connectivity index (χ0n) is 22.1. The number of methoxy groups -OCH3 is 2. The predicted molar refractivity (Wildman–Crippen MR) is 150 cm³/mol. The first-order valence-electron chi connectivity index (χ1n) is 12.7. The maximum atomic E-state index is 13.8. The maximum absolute atomic E-state index is 13.8. The van der Waals surface area contributed by atoms with Crippen LogP contribution in [0.15, 0.2) is 88.5 Å². The Morgan fingerprint density at radius 1 is 1.05 bits per heavy atom. The molecule has 1 amide bonds. The molecule has 3 aromatic carbocycles. The molecular weight excluding hydrogens is 534 g/mol. The number of benzene rings is 3. The van der Waals surface area contributed by atoms with Gasteiger partial charge in [-0.1, -0.05) is 54.1 Å². The van der Waals surface area contributed by atoms with Crippen molar-refractivity contribution in [2.45, 2.75) is 19.1 Å². The van der Waals surface area contributed by atoms with Crippen molar-refractivity contribution in [3.63, 3.8) is 0 Å². The zero-order valence-corrected chi connectivity index (χ0v) is 22.8. The van der Waals surface area contributed by atoms with Crippen LogP contribution in [0.2, 0.25) is 5.02 Å². The molecule has 0 saturated carbocycles. The van der Waals surface area contributed by atoms with E-state index in [-0.39, 0.29) is 17.9 Å². The first kappa shape index (κ1) is 27.3. The number of aliphatic hydroxyl groups is 1. The molecule has 1 aliphatic rings. The van der Waals surface area contributed by atoms with Gasteiger partial charge in [0.2, 0.25) is 5.78 Å². The smallest absolute Gasteiger partial charge is 0.290 e. The molecule has 0 aliphatic carbocycles. The molecular formula is C31H28ClNO7. The Balaban J connectivity index is 1.48. The van der Waals surface area contributed by atoms with Gasteiger partial charge >= 0.3 is 0 Å². The molecule has 8 nitrogen and oxygen atoms in total. The highest BCUT2D eigenvalue weighted by Crippen LogP contribution is 2.41. The van der Waals surface area contributed by atoms with E-state index in [2.05, 4.69) is 0 Å². The van der Waals surface area contributed by atoms with E-state index in [9.17, 15) is 14.7 Å². The molecule has 0 spiro atoms. The van der Waals surface area contributed by atoms with Crippen LogP contribution in [-0.2, 0) is 16.1 Å². The molecule has 0 fully saturated rings. The quantitative estimate of drug-likeness (QED) is 0.170. The maximum Gasteiger partial charge on any atom is 0.290 e. The lowest BCUT2D eigenvalue weighted by Crippen LogP contribution is -2.32. The standard InChI is InChI=1S/C31H28ClNO7/c1-37-14-6-13-33-27(20-9-11-23(12-10-20)39-18-19-7-4-3-5-8-19)26(29(35)31(33)36)28(34)24-16-21-15-22(32)17-25(38-2)30(21)40-24/h3-5,7-12,15-17,27,35H,6,13-14,18H2,1-2H3. The molecule has 1 aliphatic heterocycles. The monoisotopic (exact) mass is 561 g/mol. The second-order valence-corrected chi connectivity index (χ2v) is 9.76. The van der Waals surface area contributed by atoms with Crippen molar-refractivity contribution >= 4 is 34.3 Å². The van der Waals surface area contributed by atoms with Crippen LogP contribution in [0.4, 0.5) is 0 Å². The number of hydrogen-bond acceptors (Lipinski definition) is 7. The molecule has 5 rings (SSSR count). The Labute approximate surface area is 236 Å². The van der Waals surface area contributed by atoms with Crippen molar-refractivity contribution < 1.29 is 33.3 Å². The van der Waals surface area contributed by atoms with Crippen LogP contribution in [0.1, 0.15) is 34.1 Å². The summed E-state index contributed by atoms with van der Waals surface area (Å²) in [7, 11) is 3.05. The second kappa shape index (κ2) is 11.9. The van der Waals surface area contributed by atoms with Crippen molar-refractivity contribution in [1.82, 2.24) is 4.90 Å². The van der Waals surface area contributed by atoms with Gasteiger partial charge < -0.3 is 28.6 Å². The van der Waals surface area contributed by atoms with Gasteiger partial charge in [-0.25, -0.2) is 0 Å². The van der Waals surface area contributed by atoms with E-state index < -0.39 is 23.5 Å². The fourth-order valence-electron chi connectivity index (χ4n) is 4.81. The summed E-state index contributed by atoms with van der Waals surface area (Å²) in [5.74, 6) is -0.899. The Morgan fingerprint density at radius 2 is 1.80 bits per heavy atom. The van der Waals surface area contributed by atoms with Crippen LogP contribution in [0.5, 0.6) is 11.5 Å². The molecule has 1 N–H and O–H groups in total. The highest BCUT2D eigenvalue weighted by atomic mass is 35.5.